The summed E-state index contributed by atoms with van der Waals surface area (Å²) in [5, 5.41) is 0. The van der Waals surface area contributed by atoms with Crippen molar-refractivity contribution in [2.75, 3.05) is 46.5 Å². The topological polar surface area (TPSA) is 74.7 Å². The summed E-state index contributed by atoms with van der Waals surface area (Å²) in [7, 11) is 1.99. The molecule has 0 aliphatic heterocycles. The molecule has 0 aromatic carbocycles. The minimum atomic E-state index is -3.89. The van der Waals surface area contributed by atoms with Crippen LogP contribution < -0.4 is 0 Å². The summed E-state index contributed by atoms with van der Waals surface area (Å²) in [6, 6.07) is 0. The number of carbonyl (C=O) groups excluding carboxylic acids is 1. The van der Waals surface area contributed by atoms with E-state index in [9.17, 15) is 13.2 Å². The molecule has 0 heterocycles. The lowest BCUT2D eigenvalue weighted by atomic mass is 10.1. The molecule has 0 radical (unpaired) electrons. The first-order valence-corrected chi connectivity index (χ1v) is 13.2. The third-order valence-corrected chi connectivity index (χ3v) is 6.43. The van der Waals surface area contributed by atoms with E-state index in [0.29, 0.717) is 30.4 Å². The van der Waals surface area contributed by atoms with Gasteiger partial charge in [0.25, 0.3) is 10.1 Å². The second-order valence-corrected chi connectivity index (χ2v) is 10.7. The lowest BCUT2D eigenvalue weighted by Gasteiger charge is -2.31. The van der Waals surface area contributed by atoms with Gasteiger partial charge in [-0.15, -0.1) is 0 Å². The Bertz CT molecular complexity index is 521. The zero-order chi connectivity index (χ0) is 22.2. The number of unbranched alkanes of at least 4 members (excludes halogenated alkanes) is 10. The Labute approximate surface area is 180 Å². The van der Waals surface area contributed by atoms with Crippen LogP contribution in [0.15, 0.2) is 0 Å². The normalized spacial score (nSPS) is 12.3. The van der Waals surface area contributed by atoms with E-state index in [-0.39, 0.29) is 11.7 Å². The summed E-state index contributed by atoms with van der Waals surface area (Å²) in [6.45, 7) is 4.34. The summed E-state index contributed by atoms with van der Waals surface area (Å²) in [5.41, 5.74) is 0. The van der Waals surface area contributed by atoms with E-state index in [0.717, 1.165) is 19.4 Å². The highest BCUT2D eigenvalue weighted by Gasteiger charge is 2.19. The number of hydrogen-bond acceptors (Lipinski definition) is 3. The average molecular weight is 436 g/mol. The zero-order valence-electron chi connectivity index (χ0n) is 19.5. The summed E-state index contributed by atoms with van der Waals surface area (Å²) in [4.78, 5) is 14.1. The molecule has 0 rings (SSSR count). The molecule has 0 spiro atoms. The third kappa shape index (κ3) is 19.1. The zero-order valence-corrected chi connectivity index (χ0v) is 20.3. The third-order valence-electron chi connectivity index (χ3n) is 5.63. The van der Waals surface area contributed by atoms with Gasteiger partial charge in [-0.1, -0.05) is 71.1 Å². The molecule has 0 unspecified atom stereocenters. The van der Waals surface area contributed by atoms with Crippen molar-refractivity contribution < 1.29 is 22.2 Å². The molecular weight excluding hydrogens is 388 g/mol. The van der Waals surface area contributed by atoms with Crippen LogP contribution in [0, 0.1) is 0 Å². The van der Waals surface area contributed by atoms with Crippen LogP contribution in [0.1, 0.15) is 90.4 Å². The second kappa shape index (κ2) is 16.1. The van der Waals surface area contributed by atoms with Gasteiger partial charge in [-0.3, -0.25) is 9.35 Å². The molecule has 0 bridgehead atoms. The molecule has 0 aromatic heterocycles. The number of quaternary nitrogens is 1. The lowest BCUT2D eigenvalue weighted by Crippen LogP contribution is -2.46. The molecule has 1 N–H and O–H groups in total. The van der Waals surface area contributed by atoms with E-state index in [1.54, 1.807) is 4.90 Å². The van der Waals surface area contributed by atoms with Crippen LogP contribution >= 0.6 is 0 Å². The molecule has 6 nitrogen and oxygen atoms in total. The average Bonchev–Trinajstić information content (AvgIpc) is 2.62. The number of rotatable bonds is 19. The largest absolute Gasteiger partial charge is 0.340 e. The van der Waals surface area contributed by atoms with Gasteiger partial charge in [0.2, 0.25) is 5.91 Å². The summed E-state index contributed by atoms with van der Waals surface area (Å²) in [6.07, 6.45) is 15.1. The highest BCUT2D eigenvalue weighted by atomic mass is 32.2. The fourth-order valence-electron chi connectivity index (χ4n) is 3.46. The smallest absolute Gasteiger partial charge is 0.265 e. The molecule has 29 heavy (non-hydrogen) atoms. The Balaban J connectivity index is 3.71. The van der Waals surface area contributed by atoms with Gasteiger partial charge in [-0.2, -0.15) is 8.42 Å². The van der Waals surface area contributed by atoms with Gasteiger partial charge in [-0.25, -0.2) is 0 Å². The van der Waals surface area contributed by atoms with Crippen LogP contribution in [-0.2, 0) is 14.9 Å². The predicted molar refractivity (Wildman–Crippen MR) is 122 cm³/mol. The van der Waals surface area contributed by atoms with Gasteiger partial charge in [-0.05, 0) is 6.42 Å². The van der Waals surface area contributed by atoms with E-state index in [2.05, 4.69) is 6.92 Å². The molecule has 0 aliphatic carbocycles. The molecule has 0 aromatic rings. The molecule has 0 saturated carbocycles. The van der Waals surface area contributed by atoms with Crippen LogP contribution in [-0.4, -0.2) is 74.8 Å². The molecule has 7 heteroatoms. The number of likely N-dealkylation sites (N-methyl/N-ethyl adjacent to an activating group) is 2. The Morgan fingerprint density at radius 1 is 0.828 bits per heavy atom. The Hall–Kier alpha value is -0.660. The van der Waals surface area contributed by atoms with Crippen molar-refractivity contribution in [1.29, 1.82) is 0 Å². The molecule has 174 valence electrons. The molecular formula is C22H47N2O4S+. The first-order chi connectivity index (χ1) is 13.6. The summed E-state index contributed by atoms with van der Waals surface area (Å²) < 4.78 is 31.1. The number of carbonyl (C=O) groups is 1. The molecule has 0 saturated heterocycles. The van der Waals surface area contributed by atoms with Crippen LogP contribution in [0.25, 0.3) is 0 Å². The van der Waals surface area contributed by atoms with E-state index < -0.39 is 10.1 Å². The quantitative estimate of drug-likeness (QED) is 0.184. The predicted octanol–water partition coefficient (Wildman–Crippen LogP) is 4.50. The van der Waals surface area contributed by atoms with Crippen LogP contribution in [0.2, 0.25) is 0 Å². The van der Waals surface area contributed by atoms with E-state index in [1.165, 1.54) is 57.8 Å². The lowest BCUT2D eigenvalue weighted by molar-refractivity contribution is -0.889. The van der Waals surface area contributed by atoms with Gasteiger partial charge >= 0.3 is 0 Å². The summed E-state index contributed by atoms with van der Waals surface area (Å²) in [5.74, 6) is -0.0127. The SMILES string of the molecule is CCCCCCCCCCCCCC(=O)N(C)CC[N+](C)(C)CCCS(=O)(=O)O. The standard InChI is InChI=1S/C22H46N2O4S/c1-5-6-7-8-9-10-11-12-13-14-15-17-22(25)23(2)18-20-24(3,4)19-16-21-29(26,27)28/h5-21H2,1-4H3/p+1. The highest BCUT2D eigenvalue weighted by molar-refractivity contribution is 7.85. The van der Waals surface area contributed by atoms with Crippen LogP contribution in [0.3, 0.4) is 0 Å². The first-order valence-electron chi connectivity index (χ1n) is 11.6. The maximum absolute atomic E-state index is 12.3. The van der Waals surface area contributed by atoms with E-state index in [4.69, 9.17) is 4.55 Å². The van der Waals surface area contributed by atoms with Gasteiger partial charge in [0, 0.05) is 19.9 Å². The first kappa shape index (κ1) is 28.3. The minimum absolute atomic E-state index is 0.193. The van der Waals surface area contributed by atoms with Crippen molar-refractivity contribution >= 4 is 16.0 Å². The van der Waals surface area contributed by atoms with E-state index >= 15 is 0 Å². The molecule has 0 atom stereocenters. The number of hydrogen-bond donors (Lipinski definition) is 1. The molecule has 0 fully saturated rings. The Morgan fingerprint density at radius 3 is 1.79 bits per heavy atom. The Morgan fingerprint density at radius 2 is 1.31 bits per heavy atom. The number of amides is 1. The van der Waals surface area contributed by atoms with Crippen molar-refractivity contribution in [2.45, 2.75) is 90.4 Å². The van der Waals surface area contributed by atoms with Crippen molar-refractivity contribution in [3.63, 3.8) is 0 Å². The fourth-order valence-corrected chi connectivity index (χ4v) is 3.96. The second-order valence-electron chi connectivity index (χ2n) is 9.12. The maximum atomic E-state index is 12.3. The van der Waals surface area contributed by atoms with Gasteiger partial charge in [0.05, 0.1) is 39.5 Å². The molecule has 0 aliphatic rings. The fraction of sp³-hybridized carbons (Fsp3) is 0.955. The highest BCUT2D eigenvalue weighted by Crippen LogP contribution is 2.12. The minimum Gasteiger partial charge on any atom is -0.340 e. The van der Waals surface area contributed by atoms with Gasteiger partial charge in [0.1, 0.15) is 0 Å². The van der Waals surface area contributed by atoms with Crippen molar-refractivity contribution in [2.24, 2.45) is 0 Å². The monoisotopic (exact) mass is 435 g/mol. The summed E-state index contributed by atoms with van der Waals surface area (Å²) >= 11 is 0. The van der Waals surface area contributed by atoms with Crippen LogP contribution in [0.5, 0.6) is 0 Å². The molecule has 1 amide bonds. The van der Waals surface area contributed by atoms with Gasteiger partial charge in [0.15, 0.2) is 0 Å². The van der Waals surface area contributed by atoms with Gasteiger partial charge < -0.3 is 9.38 Å². The van der Waals surface area contributed by atoms with E-state index in [1.807, 2.05) is 21.1 Å². The van der Waals surface area contributed by atoms with Crippen molar-refractivity contribution in [3.05, 3.63) is 0 Å². The maximum Gasteiger partial charge on any atom is 0.265 e. The number of nitrogens with zero attached hydrogens (tertiary/aromatic N) is 2. The van der Waals surface area contributed by atoms with Crippen molar-refractivity contribution in [3.8, 4) is 0 Å². The van der Waals surface area contributed by atoms with Crippen molar-refractivity contribution in [1.82, 2.24) is 4.90 Å². The van der Waals surface area contributed by atoms with Crippen LogP contribution in [0.4, 0.5) is 0 Å². The Kier molecular flexibility index (Phi) is 15.7.